The van der Waals surface area contributed by atoms with Crippen molar-refractivity contribution in [2.75, 3.05) is 39.4 Å². The number of amides is 1. The fourth-order valence-electron chi connectivity index (χ4n) is 2.53. The van der Waals surface area contributed by atoms with E-state index in [9.17, 15) is 4.79 Å². The molecule has 0 bridgehead atoms. The zero-order chi connectivity index (χ0) is 17.6. The summed E-state index contributed by atoms with van der Waals surface area (Å²) < 4.78 is 6.28. The first-order valence-electron chi connectivity index (χ1n) is 7.96. The van der Waals surface area contributed by atoms with Crippen molar-refractivity contribution in [3.8, 4) is 0 Å². The number of carbonyl (C=O) groups is 1. The molecule has 0 aliphatic carbocycles. The topological polar surface area (TPSA) is 65.6 Å². The zero-order valence-electron chi connectivity index (χ0n) is 13.5. The molecule has 2 aromatic rings. The van der Waals surface area contributed by atoms with Crippen molar-refractivity contribution in [1.29, 1.82) is 0 Å². The molecule has 6 nitrogen and oxygen atoms in total. The van der Waals surface area contributed by atoms with E-state index in [0.29, 0.717) is 21.6 Å². The van der Waals surface area contributed by atoms with Crippen LogP contribution in [0.5, 0.6) is 0 Å². The maximum absolute atomic E-state index is 12.3. The van der Waals surface area contributed by atoms with E-state index in [1.54, 1.807) is 0 Å². The third kappa shape index (κ3) is 4.80. The Kier molecular flexibility index (Phi) is 6.44. The van der Waals surface area contributed by atoms with Crippen LogP contribution in [0.15, 0.2) is 24.3 Å². The van der Waals surface area contributed by atoms with Crippen molar-refractivity contribution in [2.45, 2.75) is 0 Å². The summed E-state index contributed by atoms with van der Waals surface area (Å²) in [5.74, 6) is -0.302. The van der Waals surface area contributed by atoms with Gasteiger partial charge in [-0.1, -0.05) is 29.8 Å². The van der Waals surface area contributed by atoms with Crippen LogP contribution in [0.25, 0.3) is 10.1 Å². The Morgan fingerprint density at radius 3 is 2.80 bits per heavy atom. The first-order valence-corrected chi connectivity index (χ1v) is 9.57. The number of morpholine rings is 1. The molecule has 134 valence electrons. The van der Waals surface area contributed by atoms with Gasteiger partial charge in [0.15, 0.2) is 5.11 Å². The summed E-state index contributed by atoms with van der Waals surface area (Å²) in [5.41, 5.74) is 5.30. The molecular formula is C16H19ClN4O2S2. The van der Waals surface area contributed by atoms with Gasteiger partial charge in [-0.05, 0) is 18.3 Å². The Morgan fingerprint density at radius 1 is 1.28 bits per heavy atom. The Labute approximate surface area is 160 Å². The molecule has 1 aliphatic heterocycles. The smallest absolute Gasteiger partial charge is 0.281 e. The minimum Gasteiger partial charge on any atom is -0.379 e. The van der Waals surface area contributed by atoms with E-state index in [1.807, 2.05) is 24.3 Å². The third-order valence-electron chi connectivity index (χ3n) is 3.85. The maximum Gasteiger partial charge on any atom is 0.281 e. The van der Waals surface area contributed by atoms with Crippen molar-refractivity contribution < 1.29 is 9.53 Å². The number of thiocarbonyl (C=S) groups is 1. The number of hydrazine groups is 1. The van der Waals surface area contributed by atoms with E-state index in [-0.39, 0.29) is 5.91 Å². The van der Waals surface area contributed by atoms with Crippen molar-refractivity contribution in [1.82, 2.24) is 21.1 Å². The number of ether oxygens (including phenoxy) is 1. The Morgan fingerprint density at radius 2 is 2.04 bits per heavy atom. The van der Waals surface area contributed by atoms with Gasteiger partial charge < -0.3 is 10.1 Å². The number of nitrogens with zero attached hydrogens (tertiary/aromatic N) is 1. The van der Waals surface area contributed by atoms with Gasteiger partial charge in [-0.3, -0.25) is 20.5 Å². The number of hydrogen-bond acceptors (Lipinski definition) is 5. The van der Waals surface area contributed by atoms with E-state index in [4.69, 9.17) is 28.6 Å². The van der Waals surface area contributed by atoms with Crippen LogP contribution < -0.4 is 16.2 Å². The first kappa shape index (κ1) is 18.3. The van der Waals surface area contributed by atoms with Gasteiger partial charge in [-0.25, -0.2) is 0 Å². The molecule has 3 N–H and O–H groups in total. The Bertz CT molecular complexity index is 762. The van der Waals surface area contributed by atoms with Crippen LogP contribution in [0.3, 0.4) is 0 Å². The molecule has 0 spiro atoms. The Balaban J connectivity index is 1.44. The lowest BCUT2D eigenvalue weighted by Gasteiger charge is -2.26. The number of nitrogens with one attached hydrogen (secondary N) is 3. The number of rotatable bonds is 4. The summed E-state index contributed by atoms with van der Waals surface area (Å²) in [6.45, 7) is 4.99. The van der Waals surface area contributed by atoms with Crippen LogP contribution in [0.4, 0.5) is 0 Å². The molecule has 0 atom stereocenters. The molecular weight excluding hydrogens is 380 g/mol. The summed E-state index contributed by atoms with van der Waals surface area (Å²) in [6.07, 6.45) is 0. The summed E-state index contributed by atoms with van der Waals surface area (Å²) >= 11 is 12.8. The van der Waals surface area contributed by atoms with E-state index in [2.05, 4.69) is 21.1 Å². The van der Waals surface area contributed by atoms with Gasteiger partial charge >= 0.3 is 0 Å². The summed E-state index contributed by atoms with van der Waals surface area (Å²) in [5, 5.41) is 4.79. The SMILES string of the molecule is O=C(NNC(=S)NCCN1CCOCC1)c1sc2ccccc2c1Cl. The Hall–Kier alpha value is -1.45. The molecule has 25 heavy (non-hydrogen) atoms. The number of halogens is 1. The fraction of sp³-hybridized carbons (Fsp3) is 0.375. The molecule has 3 rings (SSSR count). The third-order valence-corrected chi connectivity index (χ3v) is 5.77. The lowest BCUT2D eigenvalue weighted by Crippen LogP contribution is -2.49. The van der Waals surface area contributed by atoms with Crippen molar-refractivity contribution in [3.63, 3.8) is 0 Å². The normalized spacial score (nSPS) is 15.1. The predicted octanol–water partition coefficient (Wildman–Crippen LogP) is 2.00. The second kappa shape index (κ2) is 8.77. The van der Waals surface area contributed by atoms with E-state index >= 15 is 0 Å². The molecule has 0 unspecified atom stereocenters. The van der Waals surface area contributed by atoms with E-state index in [1.165, 1.54) is 11.3 Å². The van der Waals surface area contributed by atoms with Gasteiger partial charge in [0.1, 0.15) is 4.88 Å². The minimum absolute atomic E-state index is 0.302. The standard InChI is InChI=1S/C16H19ClN4O2S2/c17-13-11-3-1-2-4-12(11)25-14(13)15(22)19-20-16(24)18-5-6-21-7-9-23-10-8-21/h1-4H,5-10H2,(H,19,22)(H2,18,20,24). The molecule has 9 heteroatoms. The van der Waals surface area contributed by atoms with Crippen LogP contribution >= 0.6 is 35.2 Å². The highest BCUT2D eigenvalue weighted by atomic mass is 35.5. The number of benzene rings is 1. The lowest BCUT2D eigenvalue weighted by molar-refractivity contribution is 0.0389. The largest absolute Gasteiger partial charge is 0.379 e. The average molecular weight is 399 g/mol. The molecule has 1 aliphatic rings. The lowest BCUT2D eigenvalue weighted by atomic mass is 10.2. The highest BCUT2D eigenvalue weighted by Gasteiger charge is 2.17. The average Bonchev–Trinajstić information content (AvgIpc) is 2.98. The van der Waals surface area contributed by atoms with Gasteiger partial charge in [0.05, 0.1) is 18.2 Å². The zero-order valence-corrected chi connectivity index (χ0v) is 15.9. The summed E-state index contributed by atoms with van der Waals surface area (Å²) in [4.78, 5) is 15.1. The second-order valence-electron chi connectivity index (χ2n) is 5.53. The first-order chi connectivity index (χ1) is 12.1. The van der Waals surface area contributed by atoms with Crippen molar-refractivity contribution >= 4 is 56.3 Å². The van der Waals surface area contributed by atoms with Gasteiger partial charge in [-0.2, -0.15) is 0 Å². The molecule has 1 fully saturated rings. The highest BCUT2D eigenvalue weighted by molar-refractivity contribution is 7.80. The second-order valence-corrected chi connectivity index (χ2v) is 7.37. The van der Waals surface area contributed by atoms with Crippen LogP contribution in [-0.2, 0) is 4.74 Å². The minimum atomic E-state index is -0.302. The molecule has 2 heterocycles. The van der Waals surface area contributed by atoms with Crippen LogP contribution in [-0.4, -0.2) is 55.3 Å². The molecule has 1 aromatic carbocycles. The van der Waals surface area contributed by atoms with E-state index < -0.39 is 0 Å². The number of fused-ring (bicyclic) bond motifs is 1. The molecule has 1 saturated heterocycles. The quantitative estimate of drug-likeness (QED) is 0.540. The number of carbonyl (C=O) groups excluding carboxylic acids is 1. The highest BCUT2D eigenvalue weighted by Crippen LogP contribution is 2.34. The predicted molar refractivity (Wildman–Crippen MR) is 105 cm³/mol. The van der Waals surface area contributed by atoms with Crippen LogP contribution in [0.2, 0.25) is 5.02 Å². The van der Waals surface area contributed by atoms with Crippen molar-refractivity contribution in [3.05, 3.63) is 34.2 Å². The van der Waals surface area contributed by atoms with Crippen LogP contribution in [0.1, 0.15) is 9.67 Å². The number of thiophene rings is 1. The summed E-state index contributed by atoms with van der Waals surface area (Å²) in [6, 6.07) is 7.65. The molecule has 0 radical (unpaired) electrons. The monoisotopic (exact) mass is 398 g/mol. The van der Waals surface area contributed by atoms with Gasteiger partial charge in [0.25, 0.3) is 5.91 Å². The number of hydrogen-bond donors (Lipinski definition) is 3. The summed E-state index contributed by atoms with van der Waals surface area (Å²) in [7, 11) is 0. The van der Waals surface area contributed by atoms with Crippen LogP contribution in [0, 0.1) is 0 Å². The van der Waals surface area contributed by atoms with Crippen molar-refractivity contribution in [2.24, 2.45) is 0 Å². The maximum atomic E-state index is 12.3. The molecule has 1 aromatic heterocycles. The van der Waals surface area contributed by atoms with Gasteiger partial charge in [-0.15, -0.1) is 11.3 Å². The van der Waals surface area contributed by atoms with Gasteiger partial charge in [0.2, 0.25) is 0 Å². The molecule has 1 amide bonds. The van der Waals surface area contributed by atoms with Gasteiger partial charge in [0, 0.05) is 36.3 Å². The van der Waals surface area contributed by atoms with E-state index in [0.717, 1.165) is 42.9 Å². The fourth-order valence-corrected chi connectivity index (χ4v) is 4.09. The molecule has 0 saturated carbocycles.